The SMILES string of the molecule is O=C1OCc2c1ccc(C(O)CN1CCN(CC(O)c3ccc4c(c3C3CC3)COC4=O)CC1)c2C1CC1. The van der Waals surface area contributed by atoms with Gasteiger partial charge in [0.05, 0.1) is 23.3 Å². The van der Waals surface area contributed by atoms with Crippen molar-refractivity contribution < 1.29 is 29.3 Å². The third-order valence-electron chi connectivity index (χ3n) is 8.93. The number of aliphatic hydroxyl groups excluding tert-OH is 2. The lowest BCUT2D eigenvalue weighted by atomic mass is 9.91. The molecule has 38 heavy (non-hydrogen) atoms. The molecule has 2 aliphatic carbocycles. The monoisotopic (exact) mass is 518 g/mol. The molecule has 200 valence electrons. The average Bonchev–Trinajstić information content (AvgIpc) is 3.85. The fraction of sp³-hybridized carbons (Fsp3) is 0.533. The second kappa shape index (κ2) is 9.45. The highest BCUT2D eigenvalue weighted by Gasteiger charge is 2.37. The number of ether oxygens (including phenoxy) is 2. The molecule has 0 amide bonds. The van der Waals surface area contributed by atoms with Gasteiger partial charge in [0.1, 0.15) is 13.2 Å². The molecule has 0 bridgehead atoms. The third-order valence-corrected chi connectivity index (χ3v) is 8.93. The van der Waals surface area contributed by atoms with E-state index in [1.807, 2.05) is 24.3 Å². The van der Waals surface area contributed by atoms with E-state index in [0.29, 0.717) is 49.3 Å². The van der Waals surface area contributed by atoms with Crippen molar-refractivity contribution in [3.8, 4) is 0 Å². The molecule has 2 atom stereocenters. The summed E-state index contributed by atoms with van der Waals surface area (Å²) in [5, 5.41) is 22.4. The van der Waals surface area contributed by atoms with Crippen molar-refractivity contribution in [3.05, 3.63) is 68.8 Å². The van der Waals surface area contributed by atoms with Crippen LogP contribution < -0.4 is 0 Å². The first-order chi connectivity index (χ1) is 18.5. The lowest BCUT2D eigenvalue weighted by Crippen LogP contribution is -2.48. The summed E-state index contributed by atoms with van der Waals surface area (Å²) >= 11 is 0. The number of carbonyl (C=O) groups is 2. The van der Waals surface area contributed by atoms with Crippen LogP contribution in [-0.4, -0.2) is 71.2 Å². The average molecular weight is 519 g/mol. The lowest BCUT2D eigenvalue weighted by molar-refractivity contribution is 0.0477. The maximum absolute atomic E-state index is 12.0. The zero-order chi connectivity index (χ0) is 26.0. The van der Waals surface area contributed by atoms with Crippen LogP contribution in [0.5, 0.6) is 0 Å². The van der Waals surface area contributed by atoms with Crippen LogP contribution in [0.15, 0.2) is 24.3 Å². The molecule has 2 saturated carbocycles. The van der Waals surface area contributed by atoms with E-state index in [0.717, 1.165) is 85.2 Å². The normalized spacial score (nSPS) is 23.1. The maximum atomic E-state index is 12.0. The fourth-order valence-electron chi connectivity index (χ4n) is 6.62. The van der Waals surface area contributed by atoms with Gasteiger partial charge < -0.3 is 19.7 Å². The van der Waals surface area contributed by atoms with Crippen LogP contribution in [0.3, 0.4) is 0 Å². The summed E-state index contributed by atoms with van der Waals surface area (Å²) in [6.07, 6.45) is 3.17. The molecule has 2 N–H and O–H groups in total. The number of benzene rings is 2. The summed E-state index contributed by atoms with van der Waals surface area (Å²) in [5.41, 5.74) is 7.40. The predicted molar refractivity (Wildman–Crippen MR) is 138 cm³/mol. The quantitative estimate of drug-likeness (QED) is 0.514. The van der Waals surface area contributed by atoms with Gasteiger partial charge in [0, 0.05) is 50.4 Å². The largest absolute Gasteiger partial charge is 0.457 e. The van der Waals surface area contributed by atoms with Crippen LogP contribution >= 0.6 is 0 Å². The second-order valence-electron chi connectivity index (χ2n) is 11.5. The molecule has 2 aromatic carbocycles. The number of β-amino-alcohol motifs (C(OH)–C–C–N with tert-alkyl or cyclic N) is 2. The van der Waals surface area contributed by atoms with Crippen LogP contribution in [0.1, 0.15) is 104 Å². The summed E-state index contributed by atoms with van der Waals surface area (Å²) in [7, 11) is 0. The Hall–Kier alpha value is -2.78. The Balaban J connectivity index is 0.988. The molecule has 0 spiro atoms. The van der Waals surface area contributed by atoms with Gasteiger partial charge in [-0.25, -0.2) is 9.59 Å². The van der Waals surface area contributed by atoms with Gasteiger partial charge in [-0.15, -0.1) is 0 Å². The standard InChI is InChI=1S/C30H34N2O6/c33-25(21-7-5-19-23(15-37-29(19)35)27(21)17-1-2-17)13-31-9-11-32(12-10-31)14-26(34)22-8-6-20-24(16-38-30(20)36)28(22)18-3-4-18/h5-8,17-18,25-26,33-34H,1-4,9-16H2. The molecule has 5 aliphatic rings. The van der Waals surface area contributed by atoms with E-state index >= 15 is 0 Å². The van der Waals surface area contributed by atoms with Gasteiger partial charge in [0.2, 0.25) is 0 Å². The van der Waals surface area contributed by atoms with Crippen molar-refractivity contribution in [2.45, 2.75) is 62.9 Å². The van der Waals surface area contributed by atoms with Crippen molar-refractivity contribution in [1.29, 1.82) is 0 Å². The number of hydrogen-bond acceptors (Lipinski definition) is 8. The van der Waals surface area contributed by atoms with Crippen LogP contribution in [0, 0.1) is 0 Å². The van der Waals surface area contributed by atoms with Crippen LogP contribution in [0.2, 0.25) is 0 Å². The smallest absolute Gasteiger partial charge is 0.338 e. The zero-order valence-electron chi connectivity index (χ0n) is 21.5. The minimum Gasteiger partial charge on any atom is -0.457 e. The first-order valence-electron chi connectivity index (χ1n) is 13.9. The number of piperazine rings is 1. The highest BCUT2D eigenvalue weighted by molar-refractivity contribution is 5.94. The highest BCUT2D eigenvalue weighted by atomic mass is 16.5. The molecule has 0 radical (unpaired) electrons. The van der Waals surface area contributed by atoms with Gasteiger partial charge in [0.25, 0.3) is 0 Å². The Morgan fingerprint density at radius 1 is 0.684 bits per heavy atom. The van der Waals surface area contributed by atoms with E-state index < -0.39 is 12.2 Å². The van der Waals surface area contributed by atoms with Gasteiger partial charge in [-0.2, -0.15) is 0 Å². The third kappa shape index (κ3) is 4.33. The number of fused-ring (bicyclic) bond motifs is 2. The second-order valence-corrected chi connectivity index (χ2v) is 11.5. The number of hydrogen-bond donors (Lipinski definition) is 2. The molecule has 1 saturated heterocycles. The van der Waals surface area contributed by atoms with Crippen molar-refractivity contribution in [2.24, 2.45) is 0 Å². The molecule has 2 aromatic rings. The Morgan fingerprint density at radius 3 is 1.45 bits per heavy atom. The number of nitrogens with zero attached hydrogens (tertiary/aromatic N) is 2. The van der Waals surface area contributed by atoms with E-state index in [1.165, 1.54) is 0 Å². The summed E-state index contributed by atoms with van der Waals surface area (Å²) < 4.78 is 10.5. The molecule has 7 rings (SSSR count). The van der Waals surface area contributed by atoms with Gasteiger partial charge in [-0.05, 0) is 71.9 Å². The number of aliphatic hydroxyl groups is 2. The molecule has 3 aliphatic heterocycles. The first kappa shape index (κ1) is 24.3. The highest BCUT2D eigenvalue weighted by Crippen LogP contribution is 2.48. The first-order valence-corrected chi connectivity index (χ1v) is 13.9. The summed E-state index contributed by atoms with van der Waals surface area (Å²) in [5.74, 6) is 0.332. The minimum absolute atomic E-state index is 0.257. The van der Waals surface area contributed by atoms with Crippen molar-refractivity contribution >= 4 is 11.9 Å². The maximum Gasteiger partial charge on any atom is 0.338 e. The van der Waals surface area contributed by atoms with Crippen molar-refractivity contribution in [3.63, 3.8) is 0 Å². The van der Waals surface area contributed by atoms with Gasteiger partial charge in [-0.3, -0.25) is 9.80 Å². The van der Waals surface area contributed by atoms with Crippen molar-refractivity contribution in [1.82, 2.24) is 9.80 Å². The number of rotatable bonds is 8. The predicted octanol–water partition coefficient (Wildman–Crippen LogP) is 3.17. The van der Waals surface area contributed by atoms with Crippen LogP contribution in [-0.2, 0) is 22.7 Å². The number of cyclic esters (lactones) is 2. The topological polar surface area (TPSA) is 99.5 Å². The summed E-state index contributed by atoms with van der Waals surface area (Å²) in [6, 6.07) is 7.46. The summed E-state index contributed by atoms with van der Waals surface area (Å²) in [6.45, 7) is 5.00. The molecular weight excluding hydrogens is 484 g/mol. The van der Waals surface area contributed by atoms with Gasteiger partial charge in [-0.1, -0.05) is 12.1 Å². The number of esters is 2. The van der Waals surface area contributed by atoms with Gasteiger partial charge >= 0.3 is 11.9 Å². The Bertz CT molecular complexity index is 1190. The molecule has 0 aromatic heterocycles. The molecule has 8 heteroatoms. The molecular formula is C30H34N2O6. The van der Waals surface area contributed by atoms with E-state index in [9.17, 15) is 19.8 Å². The van der Waals surface area contributed by atoms with Crippen molar-refractivity contribution in [2.75, 3.05) is 39.3 Å². The Labute approximate surface area is 222 Å². The van der Waals surface area contributed by atoms with E-state index in [2.05, 4.69) is 9.80 Å². The fourth-order valence-corrected chi connectivity index (χ4v) is 6.62. The Morgan fingerprint density at radius 2 is 1.08 bits per heavy atom. The lowest BCUT2D eigenvalue weighted by Gasteiger charge is -2.37. The molecule has 2 unspecified atom stereocenters. The van der Waals surface area contributed by atoms with E-state index in [-0.39, 0.29) is 11.9 Å². The molecule has 3 heterocycles. The summed E-state index contributed by atoms with van der Waals surface area (Å²) in [4.78, 5) is 28.6. The Kier molecular flexibility index (Phi) is 6.04. The van der Waals surface area contributed by atoms with E-state index in [1.54, 1.807) is 0 Å². The zero-order valence-corrected chi connectivity index (χ0v) is 21.5. The van der Waals surface area contributed by atoms with Gasteiger partial charge in [0.15, 0.2) is 0 Å². The molecule has 8 nitrogen and oxygen atoms in total. The van der Waals surface area contributed by atoms with E-state index in [4.69, 9.17) is 9.47 Å². The van der Waals surface area contributed by atoms with Crippen LogP contribution in [0.25, 0.3) is 0 Å². The van der Waals surface area contributed by atoms with Crippen LogP contribution in [0.4, 0.5) is 0 Å². The molecule has 3 fully saturated rings. The number of carbonyl (C=O) groups excluding carboxylic acids is 2. The minimum atomic E-state index is -0.610.